The Labute approximate surface area is 124 Å². The summed E-state index contributed by atoms with van der Waals surface area (Å²) in [7, 11) is -3.54. The van der Waals surface area contributed by atoms with E-state index < -0.39 is 10.0 Å². The molecule has 0 saturated heterocycles. The average molecular weight is 312 g/mol. The van der Waals surface area contributed by atoms with E-state index >= 15 is 0 Å². The first-order chi connectivity index (χ1) is 9.95. The molecule has 1 aliphatic rings. The van der Waals surface area contributed by atoms with Crippen LogP contribution in [-0.2, 0) is 21.2 Å². The highest BCUT2D eigenvalue weighted by Gasteiger charge is 2.24. The van der Waals surface area contributed by atoms with Gasteiger partial charge in [-0.3, -0.25) is 4.79 Å². The number of rotatable bonds is 6. The summed E-state index contributed by atoms with van der Waals surface area (Å²) in [5.41, 5.74) is 1.67. The second-order valence-electron chi connectivity index (χ2n) is 5.04. The summed E-state index contributed by atoms with van der Waals surface area (Å²) in [6.07, 6.45) is 1.84. The van der Waals surface area contributed by atoms with Crippen molar-refractivity contribution in [2.75, 3.05) is 24.6 Å². The van der Waals surface area contributed by atoms with E-state index in [1.54, 1.807) is 17.0 Å². The highest BCUT2D eigenvalue weighted by atomic mass is 32.2. The molecule has 0 aromatic heterocycles. The van der Waals surface area contributed by atoms with Crippen LogP contribution in [0, 0.1) is 0 Å². The number of nitrogens with one attached hydrogen (secondary N) is 1. The minimum Gasteiger partial charge on any atom is -0.396 e. The second kappa shape index (κ2) is 6.55. The van der Waals surface area contributed by atoms with E-state index in [1.807, 2.05) is 0 Å². The molecule has 116 valence electrons. The predicted molar refractivity (Wildman–Crippen MR) is 79.7 cm³/mol. The Hall–Kier alpha value is -1.44. The van der Waals surface area contributed by atoms with Crippen LogP contribution in [0.1, 0.15) is 25.3 Å². The Bertz CT molecular complexity index is 628. The molecule has 0 saturated carbocycles. The molecule has 1 aliphatic heterocycles. The Morgan fingerprint density at radius 2 is 2.14 bits per heavy atom. The number of unbranched alkanes of at least 4 members (excludes halogenated alkanes) is 1. The fourth-order valence-corrected chi connectivity index (χ4v) is 3.52. The topological polar surface area (TPSA) is 86.7 Å². The first-order valence-corrected chi connectivity index (χ1v) is 8.45. The molecule has 2 rings (SSSR count). The zero-order chi connectivity index (χ0) is 15.5. The van der Waals surface area contributed by atoms with Crippen molar-refractivity contribution in [3.63, 3.8) is 0 Å². The first-order valence-electron chi connectivity index (χ1n) is 6.97. The summed E-state index contributed by atoms with van der Waals surface area (Å²) in [5.74, 6) is -0.0357. The number of carbonyl (C=O) groups excluding carboxylic acids is 1. The Kier molecular flexibility index (Phi) is 4.97. The number of benzene rings is 1. The number of fused-ring (bicyclic) bond motifs is 1. The van der Waals surface area contributed by atoms with Gasteiger partial charge in [-0.25, -0.2) is 13.1 Å². The molecule has 2 N–H and O–H groups in total. The number of aliphatic hydroxyl groups is 1. The van der Waals surface area contributed by atoms with Crippen LogP contribution in [0.2, 0.25) is 0 Å². The van der Waals surface area contributed by atoms with Gasteiger partial charge in [-0.2, -0.15) is 0 Å². The molecule has 0 bridgehead atoms. The fraction of sp³-hybridized carbons (Fsp3) is 0.500. The van der Waals surface area contributed by atoms with Gasteiger partial charge in [0.2, 0.25) is 15.9 Å². The van der Waals surface area contributed by atoms with Gasteiger partial charge in [-0.05, 0) is 43.0 Å². The number of amides is 1. The monoisotopic (exact) mass is 312 g/mol. The van der Waals surface area contributed by atoms with Crippen LogP contribution in [0.3, 0.4) is 0 Å². The number of sulfonamides is 1. The maximum Gasteiger partial charge on any atom is 0.240 e. The van der Waals surface area contributed by atoms with E-state index in [0.29, 0.717) is 32.4 Å². The Balaban J connectivity index is 2.13. The molecule has 1 aromatic rings. The van der Waals surface area contributed by atoms with Crippen LogP contribution < -0.4 is 9.62 Å². The molecular formula is C14H20N2O4S. The average Bonchev–Trinajstić information content (AvgIpc) is 2.86. The van der Waals surface area contributed by atoms with Crippen LogP contribution in [0.5, 0.6) is 0 Å². The van der Waals surface area contributed by atoms with Gasteiger partial charge in [-0.1, -0.05) is 0 Å². The number of aliphatic hydroxyl groups excluding tert-OH is 1. The van der Waals surface area contributed by atoms with Crippen LogP contribution in [0.4, 0.5) is 5.69 Å². The minimum absolute atomic E-state index is 0.0357. The molecule has 0 fully saturated rings. The molecular weight excluding hydrogens is 292 g/mol. The van der Waals surface area contributed by atoms with Crippen LogP contribution in [0.15, 0.2) is 23.1 Å². The van der Waals surface area contributed by atoms with E-state index in [-0.39, 0.29) is 17.4 Å². The molecule has 0 radical (unpaired) electrons. The summed E-state index contributed by atoms with van der Waals surface area (Å²) in [6.45, 7) is 2.46. The lowest BCUT2D eigenvalue weighted by Crippen LogP contribution is -2.26. The van der Waals surface area contributed by atoms with Crippen molar-refractivity contribution >= 4 is 21.6 Å². The lowest BCUT2D eigenvalue weighted by molar-refractivity contribution is -0.116. The molecule has 6 nitrogen and oxygen atoms in total. The maximum absolute atomic E-state index is 12.2. The lowest BCUT2D eigenvalue weighted by Gasteiger charge is -2.15. The lowest BCUT2D eigenvalue weighted by atomic mass is 10.2. The smallest absolute Gasteiger partial charge is 0.240 e. The standard InChI is InChI=1S/C14H20N2O4S/c1-11(18)16-8-6-12-10-13(4-5-14(12)16)21(19,20)15-7-2-3-9-17/h4-5,10,15,17H,2-3,6-9H2,1H3. The van der Waals surface area contributed by atoms with E-state index in [4.69, 9.17) is 5.11 Å². The third-order valence-electron chi connectivity index (χ3n) is 3.51. The summed E-state index contributed by atoms with van der Waals surface area (Å²) in [6, 6.07) is 4.84. The third-order valence-corrected chi connectivity index (χ3v) is 4.97. The van der Waals surface area contributed by atoms with Crippen molar-refractivity contribution in [3.8, 4) is 0 Å². The second-order valence-corrected chi connectivity index (χ2v) is 6.81. The van der Waals surface area contributed by atoms with Crippen LogP contribution in [-0.4, -0.2) is 39.1 Å². The van der Waals surface area contributed by atoms with Crippen molar-refractivity contribution < 1.29 is 18.3 Å². The molecule has 1 aromatic carbocycles. The first kappa shape index (κ1) is 15.9. The molecule has 0 unspecified atom stereocenters. The predicted octanol–water partition coefficient (Wildman–Crippen LogP) is 0.646. The number of carbonyl (C=O) groups is 1. The van der Waals surface area contributed by atoms with Crippen molar-refractivity contribution in [1.29, 1.82) is 0 Å². The van der Waals surface area contributed by atoms with Gasteiger partial charge in [0.05, 0.1) is 4.90 Å². The van der Waals surface area contributed by atoms with E-state index in [2.05, 4.69) is 4.72 Å². The molecule has 7 heteroatoms. The summed E-state index contributed by atoms with van der Waals surface area (Å²) in [5, 5.41) is 8.68. The van der Waals surface area contributed by atoms with E-state index in [9.17, 15) is 13.2 Å². The van der Waals surface area contributed by atoms with Gasteiger partial charge in [0.15, 0.2) is 0 Å². The summed E-state index contributed by atoms with van der Waals surface area (Å²) >= 11 is 0. The van der Waals surface area contributed by atoms with Crippen LogP contribution in [0.25, 0.3) is 0 Å². The number of hydrogen-bond acceptors (Lipinski definition) is 4. The van der Waals surface area contributed by atoms with Gasteiger partial charge in [0, 0.05) is 32.3 Å². The zero-order valence-corrected chi connectivity index (χ0v) is 12.8. The minimum atomic E-state index is -3.54. The SMILES string of the molecule is CC(=O)N1CCc2cc(S(=O)(=O)NCCCCO)ccc21. The van der Waals surface area contributed by atoms with Crippen molar-refractivity contribution in [3.05, 3.63) is 23.8 Å². The molecule has 0 atom stereocenters. The van der Waals surface area contributed by atoms with Gasteiger partial charge in [-0.15, -0.1) is 0 Å². The molecule has 1 amide bonds. The van der Waals surface area contributed by atoms with E-state index in [1.165, 1.54) is 13.0 Å². The van der Waals surface area contributed by atoms with Gasteiger partial charge in [0.25, 0.3) is 0 Å². The molecule has 0 spiro atoms. The molecule has 21 heavy (non-hydrogen) atoms. The van der Waals surface area contributed by atoms with Gasteiger partial charge < -0.3 is 10.0 Å². The van der Waals surface area contributed by atoms with E-state index in [0.717, 1.165) is 11.3 Å². The largest absolute Gasteiger partial charge is 0.396 e. The third kappa shape index (κ3) is 3.61. The number of hydrogen-bond donors (Lipinski definition) is 2. The molecule has 1 heterocycles. The van der Waals surface area contributed by atoms with Crippen LogP contribution >= 0.6 is 0 Å². The fourth-order valence-electron chi connectivity index (χ4n) is 2.40. The maximum atomic E-state index is 12.2. The number of anilines is 1. The normalized spacial score (nSPS) is 14.3. The van der Waals surface area contributed by atoms with Crippen molar-refractivity contribution in [2.45, 2.75) is 31.1 Å². The van der Waals surface area contributed by atoms with Gasteiger partial charge >= 0.3 is 0 Å². The van der Waals surface area contributed by atoms with Crippen molar-refractivity contribution in [2.24, 2.45) is 0 Å². The number of nitrogens with zero attached hydrogens (tertiary/aromatic N) is 1. The Morgan fingerprint density at radius 3 is 2.81 bits per heavy atom. The highest BCUT2D eigenvalue weighted by molar-refractivity contribution is 7.89. The van der Waals surface area contributed by atoms with Crippen molar-refractivity contribution in [1.82, 2.24) is 4.72 Å². The highest BCUT2D eigenvalue weighted by Crippen LogP contribution is 2.30. The Morgan fingerprint density at radius 1 is 1.38 bits per heavy atom. The summed E-state index contributed by atoms with van der Waals surface area (Å²) < 4.78 is 26.8. The van der Waals surface area contributed by atoms with Gasteiger partial charge in [0.1, 0.15) is 0 Å². The summed E-state index contributed by atoms with van der Waals surface area (Å²) in [4.78, 5) is 13.3. The molecule has 0 aliphatic carbocycles. The zero-order valence-electron chi connectivity index (χ0n) is 12.0. The quantitative estimate of drug-likeness (QED) is 0.755.